The third-order valence-corrected chi connectivity index (χ3v) is 4.83. The molecule has 0 unspecified atom stereocenters. The van der Waals surface area contributed by atoms with E-state index in [0.29, 0.717) is 0 Å². The summed E-state index contributed by atoms with van der Waals surface area (Å²) >= 11 is 1.71. The molecule has 0 aliphatic heterocycles. The Morgan fingerprint density at radius 1 is 1.36 bits per heavy atom. The lowest BCUT2D eigenvalue weighted by molar-refractivity contribution is 0.511. The van der Waals surface area contributed by atoms with Gasteiger partial charge in [-0.15, -0.1) is 11.3 Å². The molecule has 0 spiro atoms. The molecule has 3 rings (SSSR count). The van der Waals surface area contributed by atoms with E-state index in [1.807, 2.05) is 11.4 Å². The molecule has 1 aromatic rings. The minimum Gasteiger partial charge on any atom is -0.324 e. The smallest absolute Gasteiger partial charge is 0.100 e. The van der Waals surface area contributed by atoms with Crippen molar-refractivity contribution in [1.82, 2.24) is 0 Å². The standard InChI is InChI=1S/C11H12N2S/c12-6-8-5-9(14-7-8)10(1-2-10)11(13)3-4-11/h5,7H,1-4,13H2. The molecule has 0 amide bonds. The fourth-order valence-electron chi connectivity index (χ4n) is 2.37. The van der Waals surface area contributed by atoms with E-state index < -0.39 is 0 Å². The molecule has 0 bridgehead atoms. The third-order valence-electron chi connectivity index (χ3n) is 3.69. The van der Waals surface area contributed by atoms with Crippen molar-refractivity contribution in [2.24, 2.45) is 5.73 Å². The second-order valence-corrected chi connectivity index (χ2v) is 5.46. The lowest BCUT2D eigenvalue weighted by Gasteiger charge is -2.20. The predicted octanol–water partition coefficient (Wildman–Crippen LogP) is 2.14. The fourth-order valence-corrected chi connectivity index (χ4v) is 3.58. The molecule has 2 aliphatic carbocycles. The van der Waals surface area contributed by atoms with Gasteiger partial charge in [-0.25, -0.2) is 0 Å². The molecule has 0 saturated heterocycles. The van der Waals surface area contributed by atoms with Gasteiger partial charge in [-0.1, -0.05) is 0 Å². The largest absolute Gasteiger partial charge is 0.324 e. The van der Waals surface area contributed by atoms with Crippen LogP contribution in [0, 0.1) is 11.3 Å². The van der Waals surface area contributed by atoms with Crippen LogP contribution in [0.25, 0.3) is 0 Å². The van der Waals surface area contributed by atoms with Crippen LogP contribution in [0.15, 0.2) is 11.4 Å². The Hall–Kier alpha value is -0.850. The second kappa shape index (κ2) is 2.39. The Balaban J connectivity index is 1.99. The summed E-state index contributed by atoms with van der Waals surface area (Å²) in [6.45, 7) is 0. The summed E-state index contributed by atoms with van der Waals surface area (Å²) in [5, 5.41) is 10.7. The number of hydrogen-bond donors (Lipinski definition) is 1. The minimum atomic E-state index is 0.0740. The topological polar surface area (TPSA) is 49.8 Å². The molecule has 1 heterocycles. The maximum absolute atomic E-state index is 8.78. The number of nitriles is 1. The average molecular weight is 204 g/mol. The molecule has 0 radical (unpaired) electrons. The number of thiophene rings is 1. The van der Waals surface area contributed by atoms with Crippen molar-refractivity contribution in [3.63, 3.8) is 0 Å². The van der Waals surface area contributed by atoms with Crippen LogP contribution in [0.1, 0.15) is 36.1 Å². The number of hydrogen-bond acceptors (Lipinski definition) is 3. The SMILES string of the molecule is N#Cc1csc(C2(C3(N)CC3)CC2)c1. The number of nitrogens with two attached hydrogens (primary N) is 1. The Morgan fingerprint density at radius 3 is 2.50 bits per heavy atom. The Morgan fingerprint density at radius 2 is 2.07 bits per heavy atom. The molecule has 1 aromatic heterocycles. The lowest BCUT2D eigenvalue weighted by Crippen LogP contribution is -2.36. The third kappa shape index (κ3) is 0.930. The van der Waals surface area contributed by atoms with Crippen LogP contribution in [-0.2, 0) is 5.41 Å². The zero-order chi connectivity index (χ0) is 9.81. The van der Waals surface area contributed by atoms with E-state index in [4.69, 9.17) is 11.0 Å². The van der Waals surface area contributed by atoms with Gasteiger partial charge in [0.2, 0.25) is 0 Å². The van der Waals surface area contributed by atoms with E-state index in [0.717, 1.165) is 18.4 Å². The van der Waals surface area contributed by atoms with Crippen molar-refractivity contribution in [1.29, 1.82) is 5.26 Å². The van der Waals surface area contributed by atoms with Gasteiger partial charge in [-0.3, -0.25) is 0 Å². The molecule has 0 atom stereocenters. The average Bonchev–Trinajstić information content (AvgIpc) is 3.08. The van der Waals surface area contributed by atoms with Crippen molar-refractivity contribution in [2.75, 3.05) is 0 Å². The van der Waals surface area contributed by atoms with Crippen LogP contribution in [0.2, 0.25) is 0 Å². The molecule has 2 aliphatic rings. The summed E-state index contributed by atoms with van der Waals surface area (Å²) in [6, 6.07) is 4.22. The van der Waals surface area contributed by atoms with Crippen LogP contribution in [0.4, 0.5) is 0 Å². The van der Waals surface area contributed by atoms with Gasteiger partial charge in [0.25, 0.3) is 0 Å². The predicted molar refractivity (Wildman–Crippen MR) is 56.1 cm³/mol. The molecule has 2 N–H and O–H groups in total. The van der Waals surface area contributed by atoms with E-state index in [1.165, 1.54) is 17.7 Å². The zero-order valence-corrected chi connectivity index (χ0v) is 8.73. The van der Waals surface area contributed by atoms with Crippen LogP contribution < -0.4 is 5.73 Å². The molecule has 2 nitrogen and oxygen atoms in total. The molecule has 0 aromatic carbocycles. The molecular formula is C11H12N2S. The quantitative estimate of drug-likeness (QED) is 0.802. The summed E-state index contributed by atoms with van der Waals surface area (Å²) in [5.74, 6) is 0. The fraction of sp³-hybridized carbons (Fsp3) is 0.545. The van der Waals surface area contributed by atoms with Gasteiger partial charge in [0, 0.05) is 21.2 Å². The lowest BCUT2D eigenvalue weighted by atomic mass is 9.92. The Labute approximate surface area is 87.3 Å². The number of nitrogens with zero attached hydrogens (tertiary/aromatic N) is 1. The van der Waals surface area contributed by atoms with Crippen LogP contribution in [-0.4, -0.2) is 5.54 Å². The van der Waals surface area contributed by atoms with Gasteiger partial charge in [0.05, 0.1) is 5.56 Å². The summed E-state index contributed by atoms with van der Waals surface area (Å²) < 4.78 is 0. The highest BCUT2D eigenvalue weighted by atomic mass is 32.1. The highest BCUT2D eigenvalue weighted by Crippen LogP contribution is 2.64. The van der Waals surface area contributed by atoms with E-state index >= 15 is 0 Å². The molecule has 2 saturated carbocycles. The van der Waals surface area contributed by atoms with Gasteiger partial charge in [-0.2, -0.15) is 5.26 Å². The van der Waals surface area contributed by atoms with Crippen molar-refractivity contribution >= 4 is 11.3 Å². The van der Waals surface area contributed by atoms with E-state index in [9.17, 15) is 0 Å². The minimum absolute atomic E-state index is 0.0740. The first-order chi connectivity index (χ1) is 6.70. The summed E-state index contributed by atoms with van der Waals surface area (Å²) in [5.41, 5.74) is 7.42. The maximum atomic E-state index is 8.78. The molecule has 72 valence electrons. The van der Waals surface area contributed by atoms with Crippen molar-refractivity contribution in [3.8, 4) is 6.07 Å². The molecular weight excluding hydrogens is 192 g/mol. The molecule has 2 fully saturated rings. The summed E-state index contributed by atoms with van der Waals surface area (Å²) in [6.07, 6.45) is 4.75. The van der Waals surface area contributed by atoms with Gasteiger partial charge >= 0.3 is 0 Å². The second-order valence-electron chi connectivity index (χ2n) is 4.55. The van der Waals surface area contributed by atoms with Crippen molar-refractivity contribution < 1.29 is 0 Å². The first-order valence-corrected chi connectivity index (χ1v) is 5.86. The zero-order valence-electron chi connectivity index (χ0n) is 7.92. The molecule has 14 heavy (non-hydrogen) atoms. The van der Waals surface area contributed by atoms with E-state index in [1.54, 1.807) is 11.3 Å². The number of rotatable bonds is 2. The van der Waals surface area contributed by atoms with Crippen LogP contribution in [0.3, 0.4) is 0 Å². The van der Waals surface area contributed by atoms with E-state index in [-0.39, 0.29) is 11.0 Å². The van der Waals surface area contributed by atoms with Gasteiger partial charge in [0.15, 0.2) is 0 Å². The van der Waals surface area contributed by atoms with Crippen LogP contribution in [0.5, 0.6) is 0 Å². The summed E-state index contributed by atoms with van der Waals surface area (Å²) in [4.78, 5) is 1.34. The van der Waals surface area contributed by atoms with Crippen molar-refractivity contribution in [3.05, 3.63) is 21.9 Å². The first kappa shape index (κ1) is 8.46. The Bertz CT molecular complexity index is 419. The highest BCUT2D eigenvalue weighted by molar-refractivity contribution is 7.10. The highest BCUT2D eigenvalue weighted by Gasteiger charge is 2.64. The molecule has 3 heteroatoms. The monoisotopic (exact) mass is 204 g/mol. The normalized spacial score (nSPS) is 25.4. The first-order valence-electron chi connectivity index (χ1n) is 4.98. The van der Waals surface area contributed by atoms with Gasteiger partial charge < -0.3 is 5.73 Å². The maximum Gasteiger partial charge on any atom is 0.100 e. The van der Waals surface area contributed by atoms with E-state index in [2.05, 4.69) is 6.07 Å². The summed E-state index contributed by atoms with van der Waals surface area (Å²) in [7, 11) is 0. The van der Waals surface area contributed by atoms with Crippen molar-refractivity contribution in [2.45, 2.75) is 36.6 Å². The van der Waals surface area contributed by atoms with Gasteiger partial charge in [-0.05, 0) is 31.7 Å². The van der Waals surface area contributed by atoms with Gasteiger partial charge in [0.1, 0.15) is 6.07 Å². The van der Waals surface area contributed by atoms with Crippen LogP contribution >= 0.6 is 11.3 Å². The Kier molecular flexibility index (Phi) is 1.44.